The molecule has 0 spiro atoms. The van der Waals surface area contributed by atoms with Gasteiger partial charge in [0, 0.05) is 6.20 Å². The average Bonchev–Trinajstić information content (AvgIpc) is 1.94. The Labute approximate surface area is 62.4 Å². The van der Waals surface area contributed by atoms with Crippen LogP contribution in [0.2, 0.25) is 0 Å². The van der Waals surface area contributed by atoms with Crippen molar-refractivity contribution in [3.05, 3.63) is 23.6 Å². The van der Waals surface area contributed by atoms with Crippen molar-refractivity contribution in [2.24, 2.45) is 0 Å². The Hall–Kier alpha value is -1.49. The van der Waals surface area contributed by atoms with E-state index in [1.165, 1.54) is 6.20 Å². The zero-order valence-corrected chi connectivity index (χ0v) is 5.56. The van der Waals surface area contributed by atoms with Crippen LogP contribution in [0.4, 0.5) is 0 Å². The van der Waals surface area contributed by atoms with E-state index in [0.29, 0.717) is 5.06 Å². The van der Waals surface area contributed by atoms with Crippen LogP contribution >= 0.6 is 0 Å². The van der Waals surface area contributed by atoms with Crippen molar-refractivity contribution in [2.75, 3.05) is 6.54 Å². The minimum absolute atomic E-state index is 0.197. The van der Waals surface area contributed by atoms with Gasteiger partial charge in [0.1, 0.15) is 11.3 Å². The predicted octanol–water partition coefficient (Wildman–Crippen LogP) is 0.102. The molecule has 0 aromatic rings. The lowest BCUT2D eigenvalue weighted by atomic mass is 10.2. The molecule has 11 heavy (non-hydrogen) atoms. The summed E-state index contributed by atoms with van der Waals surface area (Å²) >= 11 is 0. The number of carbonyl (C=O) groups is 1. The first-order valence-corrected chi connectivity index (χ1v) is 2.90. The molecule has 0 aromatic carbocycles. The van der Waals surface area contributed by atoms with E-state index < -0.39 is 5.97 Å². The molecule has 0 atom stereocenters. The molecule has 3 N–H and O–H groups in total. The summed E-state index contributed by atoms with van der Waals surface area (Å²) in [7, 11) is 0. The van der Waals surface area contributed by atoms with Crippen LogP contribution < -0.4 is 0 Å². The van der Waals surface area contributed by atoms with Gasteiger partial charge < -0.3 is 10.2 Å². The Morgan fingerprint density at radius 2 is 2.27 bits per heavy atom. The Bertz CT molecular complexity index is 243. The summed E-state index contributed by atoms with van der Waals surface area (Å²) in [4.78, 5) is 10.3. The Kier molecular flexibility index (Phi) is 1.82. The molecule has 1 rings (SSSR count). The molecule has 0 aliphatic carbocycles. The quantitative estimate of drug-likeness (QED) is 0.503. The maximum atomic E-state index is 10.3. The van der Waals surface area contributed by atoms with Crippen LogP contribution in [0.5, 0.6) is 0 Å². The van der Waals surface area contributed by atoms with Crippen LogP contribution in [0.1, 0.15) is 0 Å². The summed E-state index contributed by atoms with van der Waals surface area (Å²) in [5.74, 6) is -1.55. The van der Waals surface area contributed by atoms with E-state index in [1.54, 1.807) is 0 Å². The van der Waals surface area contributed by atoms with Crippen molar-refractivity contribution in [1.82, 2.24) is 5.06 Å². The first-order chi connectivity index (χ1) is 5.11. The highest BCUT2D eigenvalue weighted by Gasteiger charge is 2.17. The minimum Gasteiger partial charge on any atom is -0.507 e. The zero-order chi connectivity index (χ0) is 8.43. The van der Waals surface area contributed by atoms with Gasteiger partial charge in [-0.25, -0.2) is 4.79 Å². The summed E-state index contributed by atoms with van der Waals surface area (Å²) in [6.45, 7) is -0.197. The molecule has 5 heteroatoms. The molecule has 0 radical (unpaired) electrons. The van der Waals surface area contributed by atoms with E-state index in [9.17, 15) is 4.79 Å². The topological polar surface area (TPSA) is 81.0 Å². The molecule has 0 saturated carbocycles. The molecule has 1 heterocycles. The number of rotatable bonds is 1. The first-order valence-electron chi connectivity index (χ1n) is 2.90. The molecule has 1 aliphatic rings. The lowest BCUT2D eigenvalue weighted by Crippen LogP contribution is -2.23. The van der Waals surface area contributed by atoms with Crippen LogP contribution in [0.15, 0.2) is 23.6 Å². The number of aliphatic hydroxyl groups is 1. The second-order valence-corrected chi connectivity index (χ2v) is 2.08. The van der Waals surface area contributed by atoms with Crippen molar-refractivity contribution in [3.63, 3.8) is 0 Å². The standard InChI is InChI=1S/C6H7NO4/c8-5-1-2-7(11)3-4(5)6(9)10/h1-2,8,11H,3H2,(H,9,10). The molecular formula is C6H7NO4. The van der Waals surface area contributed by atoms with Crippen molar-refractivity contribution in [1.29, 1.82) is 0 Å². The van der Waals surface area contributed by atoms with E-state index in [0.717, 1.165) is 6.08 Å². The van der Waals surface area contributed by atoms with Gasteiger partial charge >= 0.3 is 5.97 Å². The van der Waals surface area contributed by atoms with Crippen LogP contribution in [0, 0.1) is 0 Å². The number of aliphatic hydroxyl groups excluding tert-OH is 1. The molecule has 0 aromatic heterocycles. The number of hydrogen-bond acceptors (Lipinski definition) is 4. The summed E-state index contributed by atoms with van der Waals surface area (Å²) < 4.78 is 0. The van der Waals surface area contributed by atoms with Crippen molar-refractivity contribution in [3.8, 4) is 0 Å². The fourth-order valence-electron chi connectivity index (χ4n) is 0.730. The fraction of sp³-hybridized carbons (Fsp3) is 0.167. The fourth-order valence-corrected chi connectivity index (χ4v) is 0.730. The van der Waals surface area contributed by atoms with Gasteiger partial charge in [0.15, 0.2) is 0 Å². The van der Waals surface area contributed by atoms with Crippen molar-refractivity contribution >= 4 is 5.97 Å². The van der Waals surface area contributed by atoms with E-state index in [4.69, 9.17) is 15.4 Å². The molecule has 0 saturated heterocycles. The molecule has 60 valence electrons. The molecule has 5 nitrogen and oxygen atoms in total. The molecule has 0 bridgehead atoms. The van der Waals surface area contributed by atoms with Gasteiger partial charge in [-0.3, -0.25) is 10.3 Å². The molecule has 1 aliphatic heterocycles. The third-order valence-electron chi connectivity index (χ3n) is 1.29. The zero-order valence-electron chi connectivity index (χ0n) is 5.56. The van der Waals surface area contributed by atoms with Gasteiger partial charge in [-0.15, -0.1) is 0 Å². The van der Waals surface area contributed by atoms with E-state index in [-0.39, 0.29) is 17.9 Å². The Balaban J connectivity index is 2.90. The maximum Gasteiger partial charge on any atom is 0.337 e. The van der Waals surface area contributed by atoms with Crippen molar-refractivity contribution in [2.45, 2.75) is 0 Å². The number of hydroxylamine groups is 2. The SMILES string of the molecule is O=C(O)C1=C(O)C=CN(O)C1. The Morgan fingerprint density at radius 1 is 1.64 bits per heavy atom. The Morgan fingerprint density at radius 3 is 2.73 bits per heavy atom. The van der Waals surface area contributed by atoms with Gasteiger partial charge in [-0.05, 0) is 6.08 Å². The highest BCUT2D eigenvalue weighted by molar-refractivity contribution is 5.88. The smallest absolute Gasteiger partial charge is 0.337 e. The van der Waals surface area contributed by atoms with E-state index >= 15 is 0 Å². The second kappa shape index (κ2) is 2.63. The lowest BCUT2D eigenvalue weighted by Gasteiger charge is -2.16. The largest absolute Gasteiger partial charge is 0.507 e. The van der Waals surface area contributed by atoms with Gasteiger partial charge in [0.2, 0.25) is 0 Å². The monoisotopic (exact) mass is 157 g/mol. The van der Waals surface area contributed by atoms with E-state index in [1.807, 2.05) is 0 Å². The molecule has 0 fully saturated rings. The number of nitrogens with zero attached hydrogens (tertiary/aromatic N) is 1. The third-order valence-corrected chi connectivity index (χ3v) is 1.29. The number of aliphatic carboxylic acids is 1. The van der Waals surface area contributed by atoms with Gasteiger partial charge in [-0.2, -0.15) is 0 Å². The molecule has 0 unspecified atom stereocenters. The summed E-state index contributed by atoms with van der Waals surface area (Å²) in [5.41, 5.74) is -0.213. The van der Waals surface area contributed by atoms with Gasteiger partial charge in [0.05, 0.1) is 6.54 Å². The molecular weight excluding hydrogens is 150 g/mol. The highest BCUT2D eigenvalue weighted by Crippen LogP contribution is 2.10. The van der Waals surface area contributed by atoms with Crippen LogP contribution in [0.25, 0.3) is 0 Å². The molecule has 0 amide bonds. The lowest BCUT2D eigenvalue weighted by molar-refractivity contribution is -0.134. The van der Waals surface area contributed by atoms with Crippen molar-refractivity contribution < 1.29 is 20.2 Å². The number of carboxylic acid groups (broad SMARTS) is 1. The summed E-state index contributed by atoms with van der Waals surface area (Å²) in [6.07, 6.45) is 2.30. The summed E-state index contributed by atoms with van der Waals surface area (Å²) in [6, 6.07) is 0. The van der Waals surface area contributed by atoms with Crippen LogP contribution in [-0.4, -0.2) is 33.0 Å². The normalized spacial score (nSPS) is 17.4. The average molecular weight is 157 g/mol. The minimum atomic E-state index is -1.23. The third kappa shape index (κ3) is 1.50. The number of hydrogen-bond donors (Lipinski definition) is 3. The number of allylic oxidation sites excluding steroid dienone is 1. The highest BCUT2D eigenvalue weighted by atomic mass is 16.5. The van der Waals surface area contributed by atoms with E-state index in [2.05, 4.69) is 0 Å². The van der Waals surface area contributed by atoms with Crippen LogP contribution in [0.3, 0.4) is 0 Å². The van der Waals surface area contributed by atoms with Gasteiger partial charge in [0.25, 0.3) is 0 Å². The van der Waals surface area contributed by atoms with Crippen LogP contribution in [-0.2, 0) is 4.79 Å². The maximum absolute atomic E-state index is 10.3. The second-order valence-electron chi connectivity index (χ2n) is 2.08. The summed E-state index contributed by atoms with van der Waals surface area (Å²) in [5, 5.41) is 26.8. The van der Waals surface area contributed by atoms with Gasteiger partial charge in [-0.1, -0.05) is 0 Å². The predicted molar refractivity (Wildman–Crippen MR) is 34.9 cm³/mol. The number of carboxylic acids is 1. The first kappa shape index (κ1) is 7.62.